The third kappa shape index (κ3) is 7.61. The molecule has 3 aromatic rings. The van der Waals surface area contributed by atoms with Crippen LogP contribution in [0.1, 0.15) is 85.6 Å². The normalized spacial score (nSPS) is 19.1. The summed E-state index contributed by atoms with van der Waals surface area (Å²) in [4.78, 5) is 9.30. The molecule has 0 unspecified atom stereocenters. The van der Waals surface area contributed by atoms with Crippen molar-refractivity contribution in [2.45, 2.75) is 96.2 Å². The average Bonchev–Trinajstić information content (AvgIpc) is 3.99. The molecule has 3 aliphatic carbocycles. The van der Waals surface area contributed by atoms with Crippen molar-refractivity contribution in [2.24, 2.45) is 16.9 Å². The van der Waals surface area contributed by atoms with Crippen LogP contribution in [0.2, 0.25) is 0 Å². The first-order chi connectivity index (χ1) is 22.9. The number of hydrazone groups is 1. The Labute approximate surface area is 276 Å². The average molecular weight is 674 g/mol. The number of para-hydroxylation sites is 1. The number of pyridine rings is 1. The van der Waals surface area contributed by atoms with Crippen molar-refractivity contribution in [3.63, 3.8) is 0 Å². The summed E-state index contributed by atoms with van der Waals surface area (Å²) < 4.78 is 83.2. The van der Waals surface area contributed by atoms with Crippen molar-refractivity contribution < 1.29 is 26.3 Å². The summed E-state index contributed by atoms with van der Waals surface area (Å²) >= 11 is 0. The van der Waals surface area contributed by atoms with Crippen molar-refractivity contribution in [3.05, 3.63) is 70.3 Å². The van der Waals surface area contributed by atoms with E-state index in [1.165, 1.54) is 0 Å². The Bertz CT molecular complexity index is 1610. The minimum absolute atomic E-state index is 0.114. The molecule has 0 atom stereocenters. The number of nitrogens with zero attached hydrogens (tertiary/aromatic N) is 5. The van der Waals surface area contributed by atoms with Gasteiger partial charge in [-0.05, 0) is 92.7 Å². The number of aryl methyl sites for hydroxylation is 1. The van der Waals surface area contributed by atoms with Crippen LogP contribution in [0.5, 0.6) is 0 Å². The van der Waals surface area contributed by atoms with Crippen molar-refractivity contribution in [2.75, 3.05) is 18.0 Å². The molecule has 2 aromatic carbocycles. The zero-order valence-electron chi connectivity index (χ0n) is 27.0. The van der Waals surface area contributed by atoms with Gasteiger partial charge in [0.25, 0.3) is 0 Å². The second-order valence-corrected chi connectivity index (χ2v) is 14.0. The smallest absolute Gasteiger partial charge is 0.356 e. The highest BCUT2D eigenvalue weighted by Crippen LogP contribution is 2.39. The van der Waals surface area contributed by atoms with Crippen LogP contribution in [0.3, 0.4) is 0 Å². The van der Waals surface area contributed by atoms with Crippen molar-refractivity contribution >= 4 is 22.7 Å². The second kappa shape index (κ2) is 12.9. The Hall–Kier alpha value is -3.74. The zero-order valence-corrected chi connectivity index (χ0v) is 27.0. The van der Waals surface area contributed by atoms with Crippen LogP contribution in [-0.2, 0) is 25.4 Å². The maximum absolute atomic E-state index is 13.9. The number of hydrogen-bond acceptors (Lipinski definition) is 7. The van der Waals surface area contributed by atoms with Crippen molar-refractivity contribution in [1.82, 2.24) is 26.0 Å². The molecule has 7 rings (SSSR count). The number of nitrogens with one attached hydrogen (secondary N) is 2. The molecular formula is C35H41F6N7. The van der Waals surface area contributed by atoms with Crippen LogP contribution in [0, 0.1) is 18.8 Å². The Morgan fingerprint density at radius 1 is 0.792 bits per heavy atom. The minimum atomic E-state index is -4.94. The molecule has 0 spiro atoms. The molecule has 2 heterocycles. The molecule has 4 aliphatic rings. The summed E-state index contributed by atoms with van der Waals surface area (Å²) in [6, 6.07) is 9.95. The molecule has 0 bridgehead atoms. The van der Waals surface area contributed by atoms with Crippen molar-refractivity contribution in [3.8, 4) is 0 Å². The summed E-state index contributed by atoms with van der Waals surface area (Å²) in [6.45, 7) is 3.68. The fourth-order valence-corrected chi connectivity index (χ4v) is 6.89. The molecule has 13 heteroatoms. The first-order valence-electron chi connectivity index (χ1n) is 17.0. The summed E-state index contributed by atoms with van der Waals surface area (Å²) in [5.74, 6) is 2.32. The molecule has 0 saturated heterocycles. The third-order valence-electron chi connectivity index (χ3n) is 9.84. The van der Waals surface area contributed by atoms with Crippen LogP contribution in [0.15, 0.2) is 47.6 Å². The van der Waals surface area contributed by atoms with Gasteiger partial charge < -0.3 is 9.80 Å². The maximum atomic E-state index is 13.9. The summed E-state index contributed by atoms with van der Waals surface area (Å²) in [5, 5.41) is 7.45. The van der Waals surface area contributed by atoms with E-state index >= 15 is 0 Å². The van der Waals surface area contributed by atoms with Gasteiger partial charge in [-0.2, -0.15) is 26.3 Å². The van der Waals surface area contributed by atoms with Gasteiger partial charge in [-0.15, -0.1) is 10.6 Å². The van der Waals surface area contributed by atoms with Gasteiger partial charge in [0.2, 0.25) is 5.96 Å². The Morgan fingerprint density at radius 2 is 1.44 bits per heavy atom. The summed E-state index contributed by atoms with van der Waals surface area (Å²) in [5.41, 5.74) is 6.16. The van der Waals surface area contributed by atoms with Gasteiger partial charge in [-0.25, -0.2) is 10.1 Å². The molecule has 48 heavy (non-hydrogen) atoms. The number of rotatable bonds is 10. The first-order valence-corrected chi connectivity index (χ1v) is 17.0. The molecule has 2 N–H and O–H groups in total. The van der Waals surface area contributed by atoms with Crippen LogP contribution in [-0.4, -0.2) is 40.1 Å². The van der Waals surface area contributed by atoms with Gasteiger partial charge in [0.1, 0.15) is 5.82 Å². The van der Waals surface area contributed by atoms with Gasteiger partial charge in [0.05, 0.1) is 22.7 Å². The van der Waals surface area contributed by atoms with Gasteiger partial charge in [0, 0.05) is 37.1 Å². The molecule has 0 amide bonds. The lowest BCUT2D eigenvalue weighted by atomic mass is 9.96. The topological polar surface area (TPSA) is 59.0 Å². The monoisotopic (exact) mass is 673 g/mol. The van der Waals surface area contributed by atoms with Crippen LogP contribution in [0.25, 0.3) is 10.9 Å². The zero-order chi connectivity index (χ0) is 33.6. The third-order valence-corrected chi connectivity index (χ3v) is 9.84. The molecule has 3 fully saturated rings. The number of aromatic nitrogens is 1. The van der Waals surface area contributed by atoms with E-state index in [1.807, 2.05) is 25.1 Å². The van der Waals surface area contributed by atoms with Gasteiger partial charge in [0.15, 0.2) is 0 Å². The molecule has 7 nitrogen and oxygen atoms in total. The number of hydrazine groups is 2. The highest BCUT2D eigenvalue weighted by molar-refractivity contribution is 5.85. The predicted molar refractivity (Wildman–Crippen MR) is 172 cm³/mol. The van der Waals surface area contributed by atoms with Crippen molar-refractivity contribution in [1.29, 1.82) is 0 Å². The Balaban J connectivity index is 1.30. The molecule has 258 valence electrons. The standard InChI is InChI=1S/C35H41F6N7/c1-22-6-5-7-26-16-27(32(42-31(22)26)46(18-23-10-11-23)19-24-12-13-24)21-47(33-43-45-48(44-33)30-8-3-2-4-9-30)20-25-14-28(34(36,37)38)17-29(15-25)35(39,40)41/h5-7,14-17,23-24,30,45H,2-4,8-13,18-21H2,1H3,(H,43,44). The quantitative estimate of drug-likeness (QED) is 0.212. The predicted octanol–water partition coefficient (Wildman–Crippen LogP) is 8.14. The van der Waals surface area contributed by atoms with E-state index in [2.05, 4.69) is 21.9 Å². The van der Waals surface area contributed by atoms with E-state index in [0.717, 1.165) is 111 Å². The number of anilines is 1. The number of guanidine groups is 1. The molecule has 3 saturated carbocycles. The molecule has 1 aliphatic heterocycles. The summed E-state index contributed by atoms with van der Waals surface area (Å²) in [7, 11) is 0. The lowest BCUT2D eigenvalue weighted by Gasteiger charge is -2.30. The second-order valence-electron chi connectivity index (χ2n) is 14.0. The number of alkyl halides is 6. The molecule has 0 radical (unpaired) electrons. The van der Waals surface area contributed by atoms with Crippen LogP contribution in [0.4, 0.5) is 32.2 Å². The number of hydrogen-bond donors (Lipinski definition) is 2. The Morgan fingerprint density at radius 3 is 2.04 bits per heavy atom. The van der Waals surface area contributed by atoms with E-state index in [-0.39, 0.29) is 30.8 Å². The van der Waals surface area contributed by atoms with Gasteiger partial charge >= 0.3 is 12.4 Å². The molecular weight excluding hydrogens is 632 g/mol. The highest BCUT2D eigenvalue weighted by atomic mass is 19.4. The molecule has 1 aromatic heterocycles. The van der Waals surface area contributed by atoms with E-state index in [0.29, 0.717) is 17.8 Å². The lowest BCUT2D eigenvalue weighted by Crippen LogP contribution is -2.47. The van der Waals surface area contributed by atoms with Crippen LogP contribution < -0.4 is 15.9 Å². The fraction of sp³-hybridized carbons (Fsp3) is 0.543. The van der Waals surface area contributed by atoms with Gasteiger partial charge in [-0.1, -0.05) is 37.5 Å². The van der Waals surface area contributed by atoms with Gasteiger partial charge in [-0.3, -0.25) is 5.43 Å². The van der Waals surface area contributed by atoms with E-state index in [1.54, 1.807) is 10.0 Å². The lowest BCUT2D eigenvalue weighted by molar-refractivity contribution is -0.143. The maximum Gasteiger partial charge on any atom is 0.416 e. The number of fused-ring (bicyclic) bond motifs is 1. The fourth-order valence-electron chi connectivity index (χ4n) is 6.89. The minimum Gasteiger partial charge on any atom is -0.356 e. The largest absolute Gasteiger partial charge is 0.416 e. The number of halogens is 6. The van der Waals surface area contributed by atoms with E-state index < -0.39 is 23.5 Å². The summed E-state index contributed by atoms with van der Waals surface area (Å²) in [6.07, 6.45) is -0.0986. The van der Waals surface area contributed by atoms with Crippen LogP contribution >= 0.6 is 0 Å². The highest BCUT2D eigenvalue weighted by Gasteiger charge is 2.38. The number of benzene rings is 2. The van der Waals surface area contributed by atoms with E-state index in [4.69, 9.17) is 10.1 Å². The Kier molecular flexibility index (Phi) is 8.84. The van der Waals surface area contributed by atoms with E-state index in [9.17, 15) is 26.3 Å². The first kappa shape index (κ1) is 32.8. The SMILES string of the molecule is Cc1cccc2cc(CN(Cc3cc(C(F)(F)F)cc(C(F)(F)F)c3)C3=NN(C4CCCCC4)NN3)c(N(CC3CC3)CC3CC3)nc12.